The number of hydrogen-bond donors (Lipinski definition) is 2. The maximum atomic E-state index is 6.04. The lowest BCUT2D eigenvalue weighted by atomic mass is 10.2. The maximum Gasteiger partial charge on any atom is 0.244 e. The Balaban J connectivity index is 1.80. The van der Waals surface area contributed by atoms with Crippen molar-refractivity contribution in [1.29, 1.82) is 0 Å². The molecule has 0 bridgehead atoms. The number of H-pyrrole nitrogens is 1. The van der Waals surface area contributed by atoms with Gasteiger partial charge in [-0.25, -0.2) is 4.98 Å². The molecule has 0 saturated carbocycles. The van der Waals surface area contributed by atoms with Crippen LogP contribution in [0.1, 0.15) is 17.6 Å². The van der Waals surface area contributed by atoms with Gasteiger partial charge in [0, 0.05) is 23.9 Å². The van der Waals surface area contributed by atoms with Crippen LogP contribution in [-0.4, -0.2) is 20.1 Å². The molecule has 6 nitrogen and oxygen atoms in total. The number of aromatic amines is 1. The maximum absolute atomic E-state index is 6.04. The molecule has 1 unspecified atom stereocenters. The van der Waals surface area contributed by atoms with Crippen LogP contribution in [0.2, 0.25) is 10.0 Å². The van der Waals surface area contributed by atoms with E-state index >= 15 is 0 Å². The first kappa shape index (κ1) is 14.1. The second kappa shape index (κ2) is 5.85. The Bertz CT molecular complexity index is 741. The molecule has 8 heteroatoms. The van der Waals surface area contributed by atoms with E-state index in [4.69, 9.17) is 33.5 Å². The van der Waals surface area contributed by atoms with Crippen LogP contribution in [0.3, 0.4) is 0 Å². The lowest BCUT2D eigenvalue weighted by Crippen LogP contribution is -2.13. The average molecular weight is 324 g/mol. The standard InChI is InChI=1S/C13H11Cl2N5O/c14-9-2-1-7(3-10(9)15)12-19-13(21-20-12)11(16)4-8-5-17-6-18-8/h1-3,5-6,11H,4,16H2,(H,17,18). The topological polar surface area (TPSA) is 93.6 Å². The summed E-state index contributed by atoms with van der Waals surface area (Å²) in [6.07, 6.45) is 3.83. The first-order chi connectivity index (χ1) is 10.1. The van der Waals surface area contributed by atoms with Gasteiger partial charge in [0.2, 0.25) is 11.7 Å². The number of imidazole rings is 1. The molecular formula is C13H11Cl2N5O. The minimum absolute atomic E-state index is 0.352. The van der Waals surface area contributed by atoms with Crippen LogP contribution in [0.15, 0.2) is 35.2 Å². The third-order valence-corrected chi connectivity index (χ3v) is 3.67. The Kier molecular flexibility index (Phi) is 3.92. The molecule has 0 aliphatic heterocycles. The van der Waals surface area contributed by atoms with Crippen LogP contribution >= 0.6 is 23.2 Å². The molecule has 1 atom stereocenters. The number of nitrogens with two attached hydrogens (primary N) is 1. The number of rotatable bonds is 4. The zero-order valence-corrected chi connectivity index (χ0v) is 12.3. The molecule has 108 valence electrons. The van der Waals surface area contributed by atoms with Crippen LogP contribution in [0.4, 0.5) is 0 Å². The quantitative estimate of drug-likeness (QED) is 0.769. The summed E-state index contributed by atoms with van der Waals surface area (Å²) in [5, 5.41) is 4.82. The highest BCUT2D eigenvalue weighted by atomic mass is 35.5. The normalized spacial score (nSPS) is 12.5. The summed E-state index contributed by atoms with van der Waals surface area (Å²) in [4.78, 5) is 11.2. The molecule has 21 heavy (non-hydrogen) atoms. The zero-order chi connectivity index (χ0) is 14.8. The molecular weight excluding hydrogens is 313 g/mol. The molecule has 0 fully saturated rings. The highest BCUT2D eigenvalue weighted by Gasteiger charge is 2.17. The van der Waals surface area contributed by atoms with Gasteiger partial charge >= 0.3 is 0 Å². The van der Waals surface area contributed by atoms with E-state index in [-0.39, 0.29) is 0 Å². The Hall–Kier alpha value is -1.89. The second-order valence-corrected chi connectivity index (χ2v) is 5.29. The molecule has 1 aromatic carbocycles. The van der Waals surface area contributed by atoms with Crippen molar-refractivity contribution in [1.82, 2.24) is 20.1 Å². The van der Waals surface area contributed by atoms with Gasteiger partial charge in [0.05, 0.1) is 22.4 Å². The fourth-order valence-corrected chi connectivity index (χ4v) is 2.16. The van der Waals surface area contributed by atoms with Gasteiger partial charge in [-0.15, -0.1) is 0 Å². The van der Waals surface area contributed by atoms with Gasteiger partial charge < -0.3 is 15.2 Å². The van der Waals surface area contributed by atoms with E-state index in [9.17, 15) is 0 Å². The fraction of sp³-hybridized carbons (Fsp3) is 0.154. The molecule has 0 saturated heterocycles. The van der Waals surface area contributed by atoms with E-state index in [0.717, 1.165) is 5.69 Å². The van der Waals surface area contributed by atoms with Crippen molar-refractivity contribution in [2.45, 2.75) is 12.5 Å². The smallest absolute Gasteiger partial charge is 0.244 e. The van der Waals surface area contributed by atoms with Gasteiger partial charge in [-0.2, -0.15) is 4.98 Å². The lowest BCUT2D eigenvalue weighted by Gasteiger charge is -2.03. The molecule has 3 aromatic rings. The van der Waals surface area contributed by atoms with Gasteiger partial charge in [0.15, 0.2) is 0 Å². The minimum atomic E-state index is -0.408. The largest absolute Gasteiger partial charge is 0.348 e. The molecule has 2 heterocycles. The van der Waals surface area contributed by atoms with E-state index in [1.807, 2.05) is 0 Å². The van der Waals surface area contributed by atoms with E-state index in [2.05, 4.69) is 20.1 Å². The first-order valence-corrected chi connectivity index (χ1v) is 6.91. The van der Waals surface area contributed by atoms with Crippen molar-refractivity contribution >= 4 is 23.2 Å². The average Bonchev–Trinajstić information content (AvgIpc) is 3.12. The predicted molar refractivity (Wildman–Crippen MR) is 79.0 cm³/mol. The van der Waals surface area contributed by atoms with Crippen LogP contribution in [-0.2, 0) is 6.42 Å². The van der Waals surface area contributed by atoms with Crippen LogP contribution in [0.25, 0.3) is 11.4 Å². The molecule has 3 rings (SSSR count). The Morgan fingerprint density at radius 3 is 2.86 bits per heavy atom. The molecule has 0 amide bonds. The SMILES string of the molecule is NC(Cc1cnc[nH]1)c1nc(-c2ccc(Cl)c(Cl)c2)no1. The van der Waals surface area contributed by atoms with Crippen molar-refractivity contribution in [3.63, 3.8) is 0 Å². The highest BCUT2D eigenvalue weighted by Crippen LogP contribution is 2.27. The van der Waals surface area contributed by atoms with E-state index < -0.39 is 6.04 Å². The summed E-state index contributed by atoms with van der Waals surface area (Å²) in [7, 11) is 0. The van der Waals surface area contributed by atoms with E-state index in [1.54, 1.807) is 30.7 Å². The molecule has 0 radical (unpaired) electrons. The zero-order valence-electron chi connectivity index (χ0n) is 10.8. The monoisotopic (exact) mass is 323 g/mol. The number of aromatic nitrogens is 4. The van der Waals surface area contributed by atoms with E-state index in [1.165, 1.54) is 0 Å². The van der Waals surface area contributed by atoms with Gasteiger partial charge in [-0.3, -0.25) is 0 Å². The van der Waals surface area contributed by atoms with Crippen LogP contribution in [0, 0.1) is 0 Å². The number of nitrogens with one attached hydrogen (secondary N) is 1. The van der Waals surface area contributed by atoms with Crippen molar-refractivity contribution in [3.8, 4) is 11.4 Å². The van der Waals surface area contributed by atoms with Crippen molar-refractivity contribution in [2.24, 2.45) is 5.73 Å². The summed E-state index contributed by atoms with van der Waals surface area (Å²) < 4.78 is 5.20. The minimum Gasteiger partial charge on any atom is -0.348 e. The second-order valence-electron chi connectivity index (χ2n) is 4.47. The van der Waals surface area contributed by atoms with Crippen LogP contribution in [0.5, 0.6) is 0 Å². The summed E-state index contributed by atoms with van der Waals surface area (Å²) in [6.45, 7) is 0. The number of benzene rings is 1. The molecule has 2 aromatic heterocycles. The predicted octanol–water partition coefficient (Wildman–Crippen LogP) is 3.01. The summed E-state index contributed by atoms with van der Waals surface area (Å²) >= 11 is 11.9. The van der Waals surface area contributed by atoms with Gasteiger partial charge in [0.25, 0.3) is 0 Å². The molecule has 0 aliphatic carbocycles. The third kappa shape index (κ3) is 3.07. The Morgan fingerprint density at radius 1 is 1.29 bits per heavy atom. The van der Waals surface area contributed by atoms with Gasteiger partial charge in [-0.1, -0.05) is 28.4 Å². The lowest BCUT2D eigenvalue weighted by molar-refractivity contribution is 0.354. The summed E-state index contributed by atoms with van der Waals surface area (Å²) in [5.41, 5.74) is 7.66. The Labute approximate surface area is 130 Å². The number of nitrogens with zero attached hydrogens (tertiary/aromatic N) is 3. The van der Waals surface area contributed by atoms with Crippen LogP contribution < -0.4 is 5.73 Å². The van der Waals surface area contributed by atoms with Gasteiger partial charge in [-0.05, 0) is 18.2 Å². The van der Waals surface area contributed by atoms with Crippen molar-refractivity contribution in [2.75, 3.05) is 0 Å². The fourth-order valence-electron chi connectivity index (χ4n) is 1.86. The van der Waals surface area contributed by atoms with E-state index in [0.29, 0.717) is 33.7 Å². The Morgan fingerprint density at radius 2 is 2.14 bits per heavy atom. The third-order valence-electron chi connectivity index (χ3n) is 2.93. The van der Waals surface area contributed by atoms with Gasteiger partial charge in [0.1, 0.15) is 0 Å². The highest BCUT2D eigenvalue weighted by molar-refractivity contribution is 6.42. The van der Waals surface area contributed by atoms with Crippen molar-refractivity contribution in [3.05, 3.63) is 52.4 Å². The number of hydrogen-bond acceptors (Lipinski definition) is 5. The number of halogens is 2. The van der Waals surface area contributed by atoms with Crippen molar-refractivity contribution < 1.29 is 4.52 Å². The molecule has 0 aliphatic rings. The summed E-state index contributed by atoms with van der Waals surface area (Å²) in [6, 6.07) is 4.72. The molecule has 3 N–H and O–H groups in total. The summed E-state index contributed by atoms with van der Waals surface area (Å²) in [5.74, 6) is 0.772. The first-order valence-electron chi connectivity index (χ1n) is 6.15. The molecule has 0 spiro atoms.